The highest BCUT2D eigenvalue weighted by atomic mass is 79.9. The second kappa shape index (κ2) is 7.26. The monoisotopic (exact) mass is 392 g/mol. The summed E-state index contributed by atoms with van der Waals surface area (Å²) in [6, 6.07) is 3.19. The van der Waals surface area contributed by atoms with E-state index in [0.717, 1.165) is 14.5 Å². The minimum Gasteiger partial charge on any atom is -0.480 e. The maximum absolute atomic E-state index is 11.2. The SMILES string of the molecule is CC(C)C[C@H](NCc1cc(Br)cc(Br)c1N)C(=O)O. The Bertz CT molecular complexity index is 464. The number of carboxylic acids is 1. The molecule has 0 bridgehead atoms. The van der Waals surface area contributed by atoms with Crippen molar-refractivity contribution < 1.29 is 9.90 Å². The largest absolute Gasteiger partial charge is 0.480 e. The van der Waals surface area contributed by atoms with Gasteiger partial charge in [0, 0.05) is 15.5 Å². The number of carboxylic acid groups (broad SMARTS) is 1. The lowest BCUT2D eigenvalue weighted by Gasteiger charge is -2.17. The van der Waals surface area contributed by atoms with Crippen LogP contribution in [0.1, 0.15) is 25.8 Å². The minimum absolute atomic E-state index is 0.320. The zero-order valence-corrected chi connectivity index (χ0v) is 14.1. The van der Waals surface area contributed by atoms with Crippen LogP contribution >= 0.6 is 31.9 Å². The lowest BCUT2D eigenvalue weighted by Crippen LogP contribution is -2.37. The van der Waals surface area contributed by atoms with Crippen LogP contribution in [-0.4, -0.2) is 17.1 Å². The maximum Gasteiger partial charge on any atom is 0.320 e. The summed E-state index contributed by atoms with van der Waals surface area (Å²) in [5.41, 5.74) is 7.46. The Kier molecular flexibility index (Phi) is 6.29. The molecule has 1 rings (SSSR count). The molecule has 0 heterocycles. The molecule has 0 radical (unpaired) electrons. The van der Waals surface area contributed by atoms with Gasteiger partial charge in [-0.05, 0) is 46.0 Å². The first-order valence-electron chi connectivity index (χ1n) is 6.00. The van der Waals surface area contributed by atoms with Crippen molar-refractivity contribution in [3.05, 3.63) is 26.6 Å². The molecule has 106 valence electrons. The molecule has 4 nitrogen and oxygen atoms in total. The van der Waals surface area contributed by atoms with Crippen molar-refractivity contribution >= 4 is 43.5 Å². The number of rotatable bonds is 6. The van der Waals surface area contributed by atoms with Crippen LogP contribution in [0.3, 0.4) is 0 Å². The number of hydrogen-bond donors (Lipinski definition) is 3. The number of aliphatic carboxylic acids is 1. The van der Waals surface area contributed by atoms with Gasteiger partial charge in [0.1, 0.15) is 6.04 Å². The molecule has 4 N–H and O–H groups in total. The van der Waals surface area contributed by atoms with Gasteiger partial charge in [-0.1, -0.05) is 29.8 Å². The fraction of sp³-hybridized carbons (Fsp3) is 0.462. The molecule has 0 aliphatic carbocycles. The van der Waals surface area contributed by atoms with E-state index in [1.54, 1.807) is 0 Å². The molecule has 0 aliphatic rings. The molecule has 0 spiro atoms. The molecule has 0 saturated carbocycles. The number of anilines is 1. The fourth-order valence-electron chi connectivity index (χ4n) is 1.76. The molecule has 0 aromatic heterocycles. The zero-order chi connectivity index (χ0) is 14.6. The van der Waals surface area contributed by atoms with E-state index in [2.05, 4.69) is 37.2 Å². The molecule has 6 heteroatoms. The third-order valence-corrected chi connectivity index (χ3v) is 3.84. The van der Waals surface area contributed by atoms with Crippen LogP contribution in [0.15, 0.2) is 21.1 Å². The first-order chi connectivity index (χ1) is 8.81. The third-order valence-electron chi connectivity index (χ3n) is 2.72. The van der Waals surface area contributed by atoms with E-state index < -0.39 is 12.0 Å². The van der Waals surface area contributed by atoms with E-state index in [0.29, 0.717) is 24.6 Å². The highest BCUT2D eigenvalue weighted by Gasteiger charge is 2.18. The average Bonchev–Trinajstić information content (AvgIpc) is 2.29. The number of nitrogens with one attached hydrogen (secondary N) is 1. The van der Waals surface area contributed by atoms with Gasteiger partial charge in [0.15, 0.2) is 0 Å². The summed E-state index contributed by atoms with van der Waals surface area (Å²) in [5.74, 6) is -0.512. The summed E-state index contributed by atoms with van der Waals surface area (Å²) in [4.78, 5) is 11.2. The normalized spacial score (nSPS) is 12.7. The van der Waals surface area contributed by atoms with Gasteiger partial charge in [0.25, 0.3) is 0 Å². The number of hydrogen-bond acceptors (Lipinski definition) is 3. The van der Waals surface area contributed by atoms with Gasteiger partial charge in [0.05, 0.1) is 5.69 Å². The average molecular weight is 394 g/mol. The predicted octanol–water partition coefficient (Wildman–Crippen LogP) is 3.38. The van der Waals surface area contributed by atoms with E-state index in [1.165, 1.54) is 0 Å². The van der Waals surface area contributed by atoms with Crippen molar-refractivity contribution in [1.82, 2.24) is 5.32 Å². The lowest BCUT2D eigenvalue weighted by molar-refractivity contribution is -0.140. The molecule has 0 aliphatic heterocycles. The van der Waals surface area contributed by atoms with Crippen LogP contribution < -0.4 is 11.1 Å². The fourth-order valence-corrected chi connectivity index (χ4v) is 3.07. The molecule has 0 unspecified atom stereocenters. The molecule has 0 amide bonds. The Labute approximate surface area is 130 Å². The Balaban J connectivity index is 2.77. The summed E-state index contributed by atoms with van der Waals surface area (Å²) in [7, 11) is 0. The number of benzene rings is 1. The molecule has 0 saturated heterocycles. The van der Waals surface area contributed by atoms with Gasteiger partial charge in [-0.2, -0.15) is 0 Å². The molecule has 1 aromatic carbocycles. The molecule has 1 aromatic rings. The smallest absolute Gasteiger partial charge is 0.320 e. The van der Waals surface area contributed by atoms with Gasteiger partial charge < -0.3 is 16.2 Å². The Morgan fingerprint density at radius 3 is 2.58 bits per heavy atom. The van der Waals surface area contributed by atoms with E-state index >= 15 is 0 Å². The van der Waals surface area contributed by atoms with Crippen molar-refractivity contribution in [1.29, 1.82) is 0 Å². The summed E-state index contributed by atoms with van der Waals surface area (Å²) in [5, 5.41) is 12.2. The van der Waals surface area contributed by atoms with Gasteiger partial charge in [-0.25, -0.2) is 0 Å². The van der Waals surface area contributed by atoms with Crippen molar-refractivity contribution in [2.24, 2.45) is 5.92 Å². The zero-order valence-electron chi connectivity index (χ0n) is 10.9. The predicted molar refractivity (Wildman–Crippen MR) is 84.0 cm³/mol. The topological polar surface area (TPSA) is 75.3 Å². The molecule has 19 heavy (non-hydrogen) atoms. The first-order valence-corrected chi connectivity index (χ1v) is 7.59. The van der Waals surface area contributed by atoms with Gasteiger partial charge >= 0.3 is 5.97 Å². The highest BCUT2D eigenvalue weighted by molar-refractivity contribution is 9.11. The highest BCUT2D eigenvalue weighted by Crippen LogP contribution is 2.28. The number of nitrogen functional groups attached to an aromatic ring is 1. The van der Waals surface area contributed by atoms with Crippen LogP contribution in [0.2, 0.25) is 0 Å². The quantitative estimate of drug-likeness (QED) is 0.647. The molecule has 0 fully saturated rings. The maximum atomic E-state index is 11.2. The van der Waals surface area contributed by atoms with Gasteiger partial charge in [0.2, 0.25) is 0 Å². The van der Waals surface area contributed by atoms with E-state index in [4.69, 9.17) is 10.8 Å². The van der Waals surface area contributed by atoms with Gasteiger partial charge in [-0.3, -0.25) is 4.79 Å². The summed E-state index contributed by atoms with van der Waals surface area (Å²) in [6.07, 6.45) is 0.588. The van der Waals surface area contributed by atoms with Crippen LogP contribution in [0.4, 0.5) is 5.69 Å². The second-order valence-corrected chi connectivity index (χ2v) is 6.63. The standard InChI is InChI=1S/C13H18Br2N2O2/c1-7(2)3-11(13(18)19)17-6-8-4-9(14)5-10(15)12(8)16/h4-5,7,11,17H,3,6,16H2,1-2H3,(H,18,19)/t11-/m0/s1. The van der Waals surface area contributed by atoms with Crippen molar-refractivity contribution in [3.8, 4) is 0 Å². The van der Waals surface area contributed by atoms with Crippen LogP contribution in [0.25, 0.3) is 0 Å². The van der Waals surface area contributed by atoms with Crippen LogP contribution in [-0.2, 0) is 11.3 Å². The summed E-state index contributed by atoms with van der Waals surface area (Å²) < 4.78 is 1.70. The van der Waals surface area contributed by atoms with Crippen LogP contribution in [0.5, 0.6) is 0 Å². The number of carbonyl (C=O) groups is 1. The molecular formula is C13H18Br2N2O2. The van der Waals surface area contributed by atoms with E-state index in [1.807, 2.05) is 26.0 Å². The minimum atomic E-state index is -0.832. The van der Waals surface area contributed by atoms with E-state index in [-0.39, 0.29) is 0 Å². The number of halogens is 2. The van der Waals surface area contributed by atoms with Crippen molar-refractivity contribution in [2.75, 3.05) is 5.73 Å². The first kappa shape index (κ1) is 16.5. The number of nitrogens with two attached hydrogens (primary N) is 1. The second-order valence-electron chi connectivity index (χ2n) is 4.86. The summed E-state index contributed by atoms with van der Waals surface area (Å²) >= 11 is 6.77. The van der Waals surface area contributed by atoms with Crippen LogP contribution in [0, 0.1) is 5.92 Å². The molecule has 1 atom stereocenters. The van der Waals surface area contributed by atoms with Crippen molar-refractivity contribution in [3.63, 3.8) is 0 Å². The third kappa shape index (κ3) is 5.12. The Morgan fingerprint density at radius 2 is 2.05 bits per heavy atom. The summed E-state index contributed by atoms with van der Waals surface area (Å²) in [6.45, 7) is 4.43. The van der Waals surface area contributed by atoms with E-state index in [9.17, 15) is 4.79 Å². The lowest BCUT2D eigenvalue weighted by atomic mass is 10.0. The Morgan fingerprint density at radius 1 is 1.42 bits per heavy atom. The Hall–Kier alpha value is -0.590. The van der Waals surface area contributed by atoms with Crippen molar-refractivity contribution in [2.45, 2.75) is 32.9 Å². The van der Waals surface area contributed by atoms with Gasteiger partial charge in [-0.15, -0.1) is 0 Å². The molecular weight excluding hydrogens is 376 g/mol.